The first-order valence-corrected chi connectivity index (χ1v) is 7.34. The third-order valence-electron chi connectivity index (χ3n) is 3.90. The van der Waals surface area contributed by atoms with Crippen LogP contribution in [0.15, 0.2) is 0 Å². The van der Waals surface area contributed by atoms with Crippen molar-refractivity contribution in [1.29, 1.82) is 0 Å². The Morgan fingerprint density at radius 3 is 2.37 bits per heavy atom. The molecule has 3 N–H and O–H groups in total. The minimum Gasteiger partial charge on any atom is -0.480 e. The molecule has 2 amide bonds. The van der Waals surface area contributed by atoms with Crippen molar-refractivity contribution < 1.29 is 14.7 Å². The molecular formula is C14H26N2O3. The molecule has 1 aliphatic carbocycles. The van der Waals surface area contributed by atoms with Gasteiger partial charge in [0.2, 0.25) is 0 Å². The zero-order chi connectivity index (χ0) is 14.3. The van der Waals surface area contributed by atoms with E-state index in [9.17, 15) is 9.59 Å². The van der Waals surface area contributed by atoms with Crippen molar-refractivity contribution in [3.8, 4) is 0 Å². The molecule has 0 aromatic rings. The summed E-state index contributed by atoms with van der Waals surface area (Å²) < 4.78 is 0. The maximum absolute atomic E-state index is 11.8. The highest BCUT2D eigenvalue weighted by molar-refractivity contribution is 5.82. The van der Waals surface area contributed by atoms with Crippen molar-refractivity contribution in [3.63, 3.8) is 0 Å². The van der Waals surface area contributed by atoms with Crippen LogP contribution in [0.5, 0.6) is 0 Å². The predicted molar refractivity (Wildman–Crippen MR) is 74.0 cm³/mol. The van der Waals surface area contributed by atoms with Gasteiger partial charge in [-0.05, 0) is 32.1 Å². The first-order chi connectivity index (χ1) is 9.04. The van der Waals surface area contributed by atoms with Gasteiger partial charge in [0.25, 0.3) is 0 Å². The summed E-state index contributed by atoms with van der Waals surface area (Å²) in [5.74, 6) is -0.448. The number of rotatable bonds is 6. The maximum atomic E-state index is 11.8. The summed E-state index contributed by atoms with van der Waals surface area (Å²) >= 11 is 0. The summed E-state index contributed by atoms with van der Waals surface area (Å²) in [7, 11) is 0. The summed E-state index contributed by atoms with van der Waals surface area (Å²) in [6, 6.07) is -1.04. The van der Waals surface area contributed by atoms with Crippen molar-refractivity contribution >= 4 is 12.0 Å². The number of urea groups is 1. The van der Waals surface area contributed by atoms with Crippen molar-refractivity contribution in [2.45, 2.75) is 70.9 Å². The van der Waals surface area contributed by atoms with Gasteiger partial charge in [0.15, 0.2) is 0 Å². The smallest absolute Gasteiger partial charge is 0.326 e. The summed E-state index contributed by atoms with van der Waals surface area (Å²) in [6.07, 6.45) is 7.23. The number of hydrogen-bond acceptors (Lipinski definition) is 2. The number of aliphatic carboxylic acids is 1. The molecule has 0 aromatic carbocycles. The van der Waals surface area contributed by atoms with Gasteiger partial charge in [-0.1, -0.05) is 32.6 Å². The highest BCUT2D eigenvalue weighted by Gasteiger charge is 2.23. The Kier molecular flexibility index (Phi) is 6.67. The normalized spacial score (nSPS) is 19.5. The van der Waals surface area contributed by atoms with Crippen LogP contribution < -0.4 is 10.6 Å². The average molecular weight is 270 g/mol. The van der Waals surface area contributed by atoms with Crippen LogP contribution in [0.25, 0.3) is 0 Å². The van der Waals surface area contributed by atoms with Crippen LogP contribution in [0.2, 0.25) is 0 Å². The van der Waals surface area contributed by atoms with E-state index in [4.69, 9.17) is 5.11 Å². The standard InChI is InChI=1S/C14H26N2O3/c1-3-7-12(13(17)18)16-14(19)15-10(2)11-8-5-4-6-9-11/h10-12H,3-9H2,1-2H3,(H,17,18)(H2,15,16,19)/t10?,12-/m1/s1. The second kappa shape index (κ2) is 8.02. The third-order valence-corrected chi connectivity index (χ3v) is 3.90. The molecule has 0 aromatic heterocycles. The number of nitrogens with one attached hydrogen (secondary N) is 2. The predicted octanol–water partition coefficient (Wildman–Crippen LogP) is 2.51. The maximum Gasteiger partial charge on any atom is 0.326 e. The Balaban J connectivity index is 2.38. The number of hydrogen-bond donors (Lipinski definition) is 3. The monoisotopic (exact) mass is 270 g/mol. The molecule has 2 atom stereocenters. The molecule has 0 saturated heterocycles. The van der Waals surface area contributed by atoms with Crippen LogP contribution in [0.3, 0.4) is 0 Å². The second-order valence-corrected chi connectivity index (χ2v) is 5.48. The second-order valence-electron chi connectivity index (χ2n) is 5.48. The van der Waals surface area contributed by atoms with E-state index in [1.807, 2.05) is 13.8 Å². The number of carbonyl (C=O) groups excluding carboxylic acids is 1. The summed E-state index contributed by atoms with van der Waals surface area (Å²) in [6.45, 7) is 3.91. The molecule has 0 bridgehead atoms. The van der Waals surface area contributed by atoms with E-state index < -0.39 is 12.0 Å². The van der Waals surface area contributed by atoms with Crippen LogP contribution >= 0.6 is 0 Å². The first-order valence-electron chi connectivity index (χ1n) is 7.34. The number of carboxylic acids is 1. The lowest BCUT2D eigenvalue weighted by atomic mass is 9.85. The van der Waals surface area contributed by atoms with Crippen LogP contribution in [-0.4, -0.2) is 29.2 Å². The number of carboxylic acid groups (broad SMARTS) is 1. The van der Waals surface area contributed by atoms with Crippen LogP contribution in [0.1, 0.15) is 58.8 Å². The third kappa shape index (κ3) is 5.49. The molecule has 1 rings (SSSR count). The quantitative estimate of drug-likeness (QED) is 0.694. The van der Waals surface area contributed by atoms with Crippen LogP contribution in [0, 0.1) is 5.92 Å². The zero-order valence-electron chi connectivity index (χ0n) is 11.9. The molecule has 1 unspecified atom stereocenters. The van der Waals surface area contributed by atoms with E-state index in [1.165, 1.54) is 19.3 Å². The fourth-order valence-electron chi connectivity index (χ4n) is 2.70. The first kappa shape index (κ1) is 15.8. The lowest BCUT2D eigenvalue weighted by Crippen LogP contribution is -2.50. The Labute approximate surface area is 115 Å². The van der Waals surface area contributed by atoms with Gasteiger partial charge in [-0.25, -0.2) is 9.59 Å². The molecule has 110 valence electrons. The van der Waals surface area contributed by atoms with E-state index >= 15 is 0 Å². The Morgan fingerprint density at radius 2 is 1.84 bits per heavy atom. The fraction of sp³-hybridized carbons (Fsp3) is 0.857. The zero-order valence-corrected chi connectivity index (χ0v) is 11.9. The Morgan fingerprint density at radius 1 is 1.21 bits per heavy atom. The van der Waals surface area contributed by atoms with Crippen molar-refractivity contribution in [1.82, 2.24) is 10.6 Å². The van der Waals surface area contributed by atoms with Crippen LogP contribution in [-0.2, 0) is 4.79 Å². The molecule has 0 aliphatic heterocycles. The van der Waals surface area contributed by atoms with Crippen molar-refractivity contribution in [3.05, 3.63) is 0 Å². The molecule has 0 spiro atoms. The highest BCUT2D eigenvalue weighted by atomic mass is 16.4. The van der Waals surface area contributed by atoms with Gasteiger partial charge in [0, 0.05) is 6.04 Å². The molecule has 1 saturated carbocycles. The molecule has 5 heteroatoms. The van der Waals surface area contributed by atoms with Gasteiger partial charge in [0.05, 0.1) is 0 Å². The van der Waals surface area contributed by atoms with Gasteiger partial charge in [-0.2, -0.15) is 0 Å². The van der Waals surface area contributed by atoms with E-state index in [-0.39, 0.29) is 12.1 Å². The molecule has 0 radical (unpaired) electrons. The fourth-order valence-corrected chi connectivity index (χ4v) is 2.70. The molecule has 1 fully saturated rings. The number of carbonyl (C=O) groups is 2. The van der Waals surface area contributed by atoms with Crippen LogP contribution in [0.4, 0.5) is 4.79 Å². The van der Waals surface area contributed by atoms with Gasteiger partial charge < -0.3 is 15.7 Å². The molecular weight excluding hydrogens is 244 g/mol. The lowest BCUT2D eigenvalue weighted by Gasteiger charge is -2.28. The molecule has 0 heterocycles. The lowest BCUT2D eigenvalue weighted by molar-refractivity contribution is -0.139. The summed E-state index contributed by atoms with van der Waals surface area (Å²) in [5, 5.41) is 14.4. The topological polar surface area (TPSA) is 78.4 Å². The SMILES string of the molecule is CCC[C@@H](NC(=O)NC(C)C1CCCCC1)C(=O)O. The van der Waals surface area contributed by atoms with Gasteiger partial charge in [-0.3, -0.25) is 0 Å². The van der Waals surface area contributed by atoms with Gasteiger partial charge in [-0.15, -0.1) is 0 Å². The molecule has 1 aliphatic rings. The van der Waals surface area contributed by atoms with Gasteiger partial charge in [0.1, 0.15) is 6.04 Å². The Bertz CT molecular complexity index is 301. The minimum absolute atomic E-state index is 0.108. The Hall–Kier alpha value is -1.26. The number of amides is 2. The molecule has 19 heavy (non-hydrogen) atoms. The van der Waals surface area contributed by atoms with E-state index in [2.05, 4.69) is 10.6 Å². The summed E-state index contributed by atoms with van der Waals surface area (Å²) in [5.41, 5.74) is 0. The van der Waals surface area contributed by atoms with E-state index in [1.54, 1.807) is 0 Å². The van der Waals surface area contributed by atoms with E-state index in [0.717, 1.165) is 19.3 Å². The largest absolute Gasteiger partial charge is 0.480 e. The molecule has 5 nitrogen and oxygen atoms in total. The van der Waals surface area contributed by atoms with Gasteiger partial charge >= 0.3 is 12.0 Å². The summed E-state index contributed by atoms with van der Waals surface area (Å²) in [4.78, 5) is 22.8. The highest BCUT2D eigenvalue weighted by Crippen LogP contribution is 2.26. The van der Waals surface area contributed by atoms with Crippen molar-refractivity contribution in [2.24, 2.45) is 5.92 Å². The van der Waals surface area contributed by atoms with Crippen molar-refractivity contribution in [2.75, 3.05) is 0 Å². The minimum atomic E-state index is -0.970. The van der Waals surface area contributed by atoms with E-state index in [0.29, 0.717) is 12.3 Å². The average Bonchev–Trinajstić information content (AvgIpc) is 2.39.